The molecule has 1 aromatic heterocycles. The molecule has 0 amide bonds. The molecule has 0 aliphatic heterocycles. The molecular formula is C12H13F3N2. The van der Waals surface area contributed by atoms with Crippen LogP contribution in [0.25, 0.3) is 0 Å². The molecule has 1 unspecified atom stereocenters. The summed E-state index contributed by atoms with van der Waals surface area (Å²) in [6.07, 6.45) is -1.54. The standard InChI is InChI=1S/C12H13F3N2/c1-8(2)11(3-4-12(13,14)15)9-5-10(16)7-17-6-9/h5-8,11H,16H2,1-2H3. The lowest BCUT2D eigenvalue weighted by molar-refractivity contribution is -0.0698. The first kappa shape index (κ1) is 13.4. The van der Waals surface area contributed by atoms with Crippen molar-refractivity contribution >= 4 is 5.69 Å². The fourth-order valence-corrected chi connectivity index (χ4v) is 1.44. The molecule has 0 saturated carbocycles. The smallest absolute Gasteiger partial charge is 0.397 e. The fourth-order valence-electron chi connectivity index (χ4n) is 1.44. The van der Waals surface area contributed by atoms with Gasteiger partial charge in [-0.15, -0.1) is 0 Å². The summed E-state index contributed by atoms with van der Waals surface area (Å²) in [5.74, 6) is 2.97. The van der Waals surface area contributed by atoms with Crippen molar-refractivity contribution in [1.82, 2.24) is 4.98 Å². The highest BCUT2D eigenvalue weighted by Gasteiger charge is 2.24. The molecule has 92 valence electrons. The number of aromatic nitrogens is 1. The van der Waals surface area contributed by atoms with Gasteiger partial charge in [-0.25, -0.2) is 0 Å². The highest BCUT2D eigenvalue weighted by atomic mass is 19.4. The van der Waals surface area contributed by atoms with Crippen molar-refractivity contribution in [3.05, 3.63) is 24.0 Å². The molecule has 17 heavy (non-hydrogen) atoms. The molecule has 1 atom stereocenters. The van der Waals surface area contributed by atoms with Gasteiger partial charge in [0.25, 0.3) is 0 Å². The number of rotatable bonds is 2. The maximum Gasteiger partial charge on any atom is 0.457 e. The normalized spacial score (nSPS) is 13.1. The number of hydrogen-bond acceptors (Lipinski definition) is 2. The molecule has 5 heteroatoms. The van der Waals surface area contributed by atoms with E-state index in [0.29, 0.717) is 11.3 Å². The zero-order chi connectivity index (χ0) is 13.1. The second-order valence-corrected chi connectivity index (χ2v) is 4.04. The van der Waals surface area contributed by atoms with Crippen LogP contribution in [0, 0.1) is 17.8 Å². The van der Waals surface area contributed by atoms with E-state index in [-0.39, 0.29) is 5.92 Å². The van der Waals surface area contributed by atoms with Crippen LogP contribution in [-0.2, 0) is 0 Å². The molecule has 2 N–H and O–H groups in total. The number of nitrogens with two attached hydrogens (primary N) is 1. The second kappa shape index (κ2) is 5.09. The van der Waals surface area contributed by atoms with Crippen molar-refractivity contribution in [2.45, 2.75) is 25.9 Å². The quantitative estimate of drug-likeness (QED) is 0.810. The highest BCUT2D eigenvalue weighted by molar-refractivity contribution is 5.40. The summed E-state index contributed by atoms with van der Waals surface area (Å²) in [5.41, 5.74) is 6.57. The zero-order valence-electron chi connectivity index (χ0n) is 9.55. The van der Waals surface area contributed by atoms with Gasteiger partial charge in [-0.3, -0.25) is 4.98 Å². The van der Waals surface area contributed by atoms with Crippen LogP contribution >= 0.6 is 0 Å². The highest BCUT2D eigenvalue weighted by Crippen LogP contribution is 2.25. The van der Waals surface area contributed by atoms with Gasteiger partial charge in [0.05, 0.1) is 5.69 Å². The van der Waals surface area contributed by atoms with E-state index in [2.05, 4.69) is 10.9 Å². The summed E-state index contributed by atoms with van der Waals surface area (Å²) in [6, 6.07) is 1.60. The van der Waals surface area contributed by atoms with Crippen molar-refractivity contribution in [3.63, 3.8) is 0 Å². The van der Waals surface area contributed by atoms with Crippen LogP contribution in [-0.4, -0.2) is 11.2 Å². The molecule has 0 saturated heterocycles. The van der Waals surface area contributed by atoms with E-state index in [1.807, 2.05) is 0 Å². The van der Waals surface area contributed by atoms with Crippen LogP contribution in [0.4, 0.5) is 18.9 Å². The predicted molar refractivity (Wildman–Crippen MR) is 60.1 cm³/mol. The van der Waals surface area contributed by atoms with Crippen LogP contribution in [0.3, 0.4) is 0 Å². The summed E-state index contributed by atoms with van der Waals surface area (Å²) in [6.45, 7) is 3.61. The summed E-state index contributed by atoms with van der Waals surface area (Å²) in [7, 11) is 0. The summed E-state index contributed by atoms with van der Waals surface area (Å²) < 4.78 is 36.2. The molecule has 0 bridgehead atoms. The largest absolute Gasteiger partial charge is 0.457 e. The molecule has 0 spiro atoms. The monoisotopic (exact) mass is 242 g/mol. The minimum Gasteiger partial charge on any atom is -0.397 e. The Labute approximate surface area is 98.0 Å². The molecular weight excluding hydrogens is 229 g/mol. The molecule has 0 aliphatic rings. The lowest BCUT2D eigenvalue weighted by atomic mass is 9.90. The fraction of sp³-hybridized carbons (Fsp3) is 0.417. The SMILES string of the molecule is CC(C)C(C#CC(F)(F)F)c1cncc(N)c1. The van der Waals surface area contributed by atoms with Crippen LogP contribution in [0.1, 0.15) is 25.3 Å². The molecule has 1 heterocycles. The number of pyridine rings is 1. The minimum absolute atomic E-state index is 0.0477. The van der Waals surface area contributed by atoms with Gasteiger partial charge < -0.3 is 5.73 Å². The van der Waals surface area contributed by atoms with E-state index in [1.54, 1.807) is 19.9 Å². The molecule has 0 fully saturated rings. The Bertz CT molecular complexity index is 441. The summed E-state index contributed by atoms with van der Waals surface area (Å²) in [4.78, 5) is 3.86. The van der Waals surface area contributed by atoms with Gasteiger partial charge in [-0.05, 0) is 17.5 Å². The topological polar surface area (TPSA) is 38.9 Å². The average molecular weight is 242 g/mol. The molecule has 1 rings (SSSR count). The van der Waals surface area contributed by atoms with E-state index < -0.39 is 12.1 Å². The Morgan fingerprint density at radius 1 is 1.29 bits per heavy atom. The van der Waals surface area contributed by atoms with E-state index in [4.69, 9.17) is 5.73 Å². The van der Waals surface area contributed by atoms with Crippen molar-refractivity contribution < 1.29 is 13.2 Å². The van der Waals surface area contributed by atoms with Gasteiger partial charge in [0.1, 0.15) is 0 Å². The average Bonchev–Trinajstić information content (AvgIpc) is 2.15. The van der Waals surface area contributed by atoms with E-state index in [0.717, 1.165) is 0 Å². The van der Waals surface area contributed by atoms with Gasteiger partial charge in [0.15, 0.2) is 0 Å². The van der Waals surface area contributed by atoms with Crippen molar-refractivity contribution in [2.75, 3.05) is 5.73 Å². The number of nitrogens with zero attached hydrogens (tertiary/aromatic N) is 1. The molecule has 1 aromatic rings. The van der Waals surface area contributed by atoms with Crippen LogP contribution in [0.5, 0.6) is 0 Å². The first-order valence-electron chi connectivity index (χ1n) is 5.09. The van der Waals surface area contributed by atoms with E-state index in [1.165, 1.54) is 18.3 Å². The Morgan fingerprint density at radius 2 is 1.94 bits per heavy atom. The third-order valence-electron chi connectivity index (χ3n) is 2.18. The number of hydrogen-bond donors (Lipinski definition) is 1. The maximum atomic E-state index is 12.1. The van der Waals surface area contributed by atoms with Gasteiger partial charge >= 0.3 is 6.18 Å². The predicted octanol–water partition coefficient (Wildman–Crippen LogP) is 2.97. The van der Waals surface area contributed by atoms with E-state index in [9.17, 15) is 13.2 Å². The molecule has 0 aliphatic carbocycles. The summed E-state index contributed by atoms with van der Waals surface area (Å²) >= 11 is 0. The van der Waals surface area contributed by atoms with Crippen molar-refractivity contribution in [2.24, 2.45) is 5.92 Å². The maximum absolute atomic E-state index is 12.1. The Kier molecular flexibility index (Phi) is 4.00. The number of anilines is 1. The van der Waals surface area contributed by atoms with Gasteiger partial charge in [0, 0.05) is 24.2 Å². The number of nitrogen functional groups attached to an aromatic ring is 1. The van der Waals surface area contributed by atoms with Gasteiger partial charge in [-0.2, -0.15) is 13.2 Å². The third kappa shape index (κ3) is 4.35. The molecule has 0 radical (unpaired) electrons. The zero-order valence-corrected chi connectivity index (χ0v) is 9.55. The number of halogens is 3. The minimum atomic E-state index is -4.47. The first-order chi connectivity index (χ1) is 7.79. The number of alkyl halides is 3. The Hall–Kier alpha value is -1.70. The van der Waals surface area contributed by atoms with Crippen molar-refractivity contribution in [1.29, 1.82) is 0 Å². The first-order valence-corrected chi connectivity index (χ1v) is 5.09. The molecule has 0 aromatic carbocycles. The molecule has 2 nitrogen and oxygen atoms in total. The summed E-state index contributed by atoms with van der Waals surface area (Å²) in [5, 5.41) is 0. The lowest BCUT2D eigenvalue weighted by Gasteiger charge is -2.15. The van der Waals surface area contributed by atoms with Crippen molar-refractivity contribution in [3.8, 4) is 11.8 Å². The van der Waals surface area contributed by atoms with Crippen LogP contribution in [0.2, 0.25) is 0 Å². The third-order valence-corrected chi connectivity index (χ3v) is 2.18. The Morgan fingerprint density at radius 3 is 2.41 bits per heavy atom. The second-order valence-electron chi connectivity index (χ2n) is 4.04. The van der Waals surface area contributed by atoms with E-state index >= 15 is 0 Å². The van der Waals surface area contributed by atoms with Crippen LogP contribution in [0.15, 0.2) is 18.5 Å². The van der Waals surface area contributed by atoms with Gasteiger partial charge in [0.2, 0.25) is 0 Å². The lowest BCUT2D eigenvalue weighted by Crippen LogP contribution is -2.08. The van der Waals surface area contributed by atoms with Gasteiger partial charge in [-0.1, -0.05) is 19.8 Å². The Balaban J connectivity index is 3.05. The van der Waals surface area contributed by atoms with Crippen LogP contribution < -0.4 is 5.73 Å².